The van der Waals surface area contributed by atoms with Crippen LogP contribution in [-0.4, -0.2) is 37.2 Å². The summed E-state index contributed by atoms with van der Waals surface area (Å²) in [5.74, 6) is -0.854. The number of allylic oxidation sites excluding steroid dienone is 2. The fraction of sp³-hybridized carbons (Fsp3) is 0.429. The van der Waals surface area contributed by atoms with Gasteiger partial charge in [0.25, 0.3) is 0 Å². The molecular weight excluding hydrogens is 487 g/mol. The predicted molar refractivity (Wildman–Crippen MR) is 131 cm³/mol. The van der Waals surface area contributed by atoms with E-state index in [-0.39, 0.29) is 23.6 Å². The van der Waals surface area contributed by atoms with Crippen molar-refractivity contribution in [3.05, 3.63) is 70.8 Å². The molecule has 2 aliphatic carbocycles. The molecule has 0 bridgehead atoms. The van der Waals surface area contributed by atoms with Gasteiger partial charge in [-0.15, -0.1) is 13.2 Å². The fourth-order valence-corrected chi connectivity index (χ4v) is 5.06. The second kappa shape index (κ2) is 10.1. The van der Waals surface area contributed by atoms with Gasteiger partial charge in [-0.25, -0.2) is 9.59 Å². The number of hydrogen-bond donors (Lipinski definition) is 1. The lowest BCUT2D eigenvalue weighted by Gasteiger charge is -2.22. The van der Waals surface area contributed by atoms with E-state index in [1.807, 2.05) is 26.8 Å². The summed E-state index contributed by atoms with van der Waals surface area (Å²) in [6.07, 6.45) is -0.724. The van der Waals surface area contributed by atoms with Crippen molar-refractivity contribution in [2.24, 2.45) is 5.92 Å². The van der Waals surface area contributed by atoms with Gasteiger partial charge in [0.2, 0.25) is 0 Å². The van der Waals surface area contributed by atoms with Gasteiger partial charge in [0, 0.05) is 12.0 Å². The van der Waals surface area contributed by atoms with Crippen LogP contribution in [0, 0.1) is 5.92 Å². The number of hydrogen-bond acceptors (Lipinski definition) is 5. The van der Waals surface area contributed by atoms with Gasteiger partial charge in [0.05, 0.1) is 12.7 Å². The van der Waals surface area contributed by atoms with Crippen molar-refractivity contribution in [3.63, 3.8) is 0 Å². The Bertz CT molecular complexity index is 1200. The summed E-state index contributed by atoms with van der Waals surface area (Å²) >= 11 is 0. The van der Waals surface area contributed by atoms with Crippen LogP contribution in [0.5, 0.6) is 5.75 Å². The van der Waals surface area contributed by atoms with Gasteiger partial charge in [-0.05, 0) is 92.5 Å². The molecule has 1 saturated carbocycles. The maximum atomic E-state index is 12.6. The molecule has 2 aromatic carbocycles. The third-order valence-corrected chi connectivity index (χ3v) is 6.53. The van der Waals surface area contributed by atoms with Gasteiger partial charge in [0.1, 0.15) is 11.4 Å². The van der Waals surface area contributed by atoms with Crippen molar-refractivity contribution in [1.82, 2.24) is 5.32 Å². The Morgan fingerprint density at radius 2 is 1.70 bits per heavy atom. The third kappa shape index (κ3) is 6.45. The smallest absolute Gasteiger partial charge is 0.465 e. The van der Waals surface area contributed by atoms with Crippen LogP contribution < -0.4 is 10.1 Å². The minimum atomic E-state index is -4.77. The largest absolute Gasteiger partial charge is 0.573 e. The number of carbonyl (C=O) groups excluding carboxylic acids is 2. The van der Waals surface area contributed by atoms with Crippen molar-refractivity contribution in [2.75, 3.05) is 7.11 Å². The number of benzene rings is 2. The highest BCUT2D eigenvalue weighted by Crippen LogP contribution is 2.47. The number of nitrogens with one attached hydrogen (secondary N) is 1. The molecule has 0 saturated heterocycles. The Morgan fingerprint density at radius 1 is 1.00 bits per heavy atom. The molecule has 0 heterocycles. The lowest BCUT2D eigenvalue weighted by atomic mass is 9.90. The summed E-state index contributed by atoms with van der Waals surface area (Å²) < 4.78 is 52.1. The molecule has 6 nitrogen and oxygen atoms in total. The summed E-state index contributed by atoms with van der Waals surface area (Å²) in [4.78, 5) is 24.5. The molecule has 37 heavy (non-hydrogen) atoms. The number of fused-ring (bicyclic) bond motifs is 1. The normalized spacial score (nSPS) is 21.2. The van der Waals surface area contributed by atoms with E-state index in [4.69, 9.17) is 9.47 Å². The molecule has 2 aliphatic rings. The molecule has 1 fully saturated rings. The van der Waals surface area contributed by atoms with Crippen LogP contribution in [0.3, 0.4) is 0 Å². The van der Waals surface area contributed by atoms with Crippen LogP contribution in [0.2, 0.25) is 0 Å². The number of alkyl halides is 3. The average molecular weight is 518 g/mol. The Hall–Kier alpha value is -3.49. The second-order valence-corrected chi connectivity index (χ2v) is 10.4. The molecule has 0 aromatic heterocycles. The average Bonchev–Trinajstić information content (AvgIpc) is 3.40. The third-order valence-electron chi connectivity index (χ3n) is 6.53. The Balaban J connectivity index is 1.60. The SMILES string of the molecule is COC(=O)c1ccc2c(c1)C(c1ccc(OC(F)(F)F)cc1)C=C2C1CCC(NC(=O)OC(C)(C)C)C1. The molecule has 0 radical (unpaired) electrons. The molecule has 3 unspecified atom stereocenters. The van der Waals surface area contributed by atoms with Crippen molar-refractivity contribution in [2.45, 2.75) is 64.0 Å². The lowest BCUT2D eigenvalue weighted by molar-refractivity contribution is -0.274. The Labute approximate surface area is 213 Å². The monoisotopic (exact) mass is 517 g/mol. The lowest BCUT2D eigenvalue weighted by Crippen LogP contribution is -2.37. The first-order chi connectivity index (χ1) is 17.3. The minimum absolute atomic E-state index is 0.0311. The van der Waals surface area contributed by atoms with Crippen LogP contribution in [0.1, 0.15) is 73.0 Å². The van der Waals surface area contributed by atoms with Crippen LogP contribution >= 0.6 is 0 Å². The number of methoxy groups -OCH3 is 1. The van der Waals surface area contributed by atoms with Gasteiger partial charge >= 0.3 is 18.4 Å². The Kier molecular flexibility index (Phi) is 7.26. The van der Waals surface area contributed by atoms with Gasteiger partial charge in [-0.1, -0.05) is 24.3 Å². The first kappa shape index (κ1) is 26.6. The minimum Gasteiger partial charge on any atom is -0.465 e. The summed E-state index contributed by atoms with van der Waals surface area (Å²) in [7, 11) is 1.31. The topological polar surface area (TPSA) is 73.9 Å². The van der Waals surface area contributed by atoms with E-state index in [1.54, 1.807) is 24.3 Å². The zero-order chi connectivity index (χ0) is 27.0. The number of amides is 1. The maximum absolute atomic E-state index is 12.6. The number of halogens is 3. The zero-order valence-corrected chi connectivity index (χ0v) is 21.1. The summed E-state index contributed by atoms with van der Waals surface area (Å²) in [6, 6.07) is 11.1. The number of esters is 1. The molecular formula is C28H30F3NO5. The molecule has 2 aromatic rings. The van der Waals surface area contributed by atoms with E-state index in [2.05, 4.69) is 16.1 Å². The van der Waals surface area contributed by atoms with Gasteiger partial charge in [-0.2, -0.15) is 0 Å². The van der Waals surface area contributed by atoms with Gasteiger partial charge < -0.3 is 19.5 Å². The standard InChI is InChI=1S/C28H30F3NO5/c1-27(2,3)37-26(34)32-19-9-5-17(13-19)23-15-22(16-6-10-20(11-7-16)36-28(29,30)31)24-14-18(25(33)35-4)8-12-21(23)24/h6-8,10-12,14-15,17,19,22H,5,9,13H2,1-4H3,(H,32,34). The number of alkyl carbamates (subject to hydrolysis) is 1. The van der Waals surface area contributed by atoms with E-state index >= 15 is 0 Å². The molecule has 0 spiro atoms. The molecule has 4 rings (SSSR count). The highest BCUT2D eigenvalue weighted by atomic mass is 19.4. The number of ether oxygens (including phenoxy) is 3. The van der Waals surface area contributed by atoms with Gasteiger partial charge in [-0.3, -0.25) is 0 Å². The summed E-state index contributed by atoms with van der Waals surface area (Å²) in [6.45, 7) is 5.44. The van der Waals surface area contributed by atoms with E-state index in [9.17, 15) is 22.8 Å². The van der Waals surface area contributed by atoms with E-state index in [0.29, 0.717) is 5.56 Å². The fourth-order valence-electron chi connectivity index (χ4n) is 5.06. The molecule has 1 amide bonds. The molecule has 1 N–H and O–H groups in total. The quantitative estimate of drug-likeness (QED) is 0.453. The molecule has 198 valence electrons. The first-order valence-corrected chi connectivity index (χ1v) is 12.1. The van der Waals surface area contributed by atoms with E-state index in [0.717, 1.165) is 41.5 Å². The van der Waals surface area contributed by atoms with Crippen LogP contribution in [-0.2, 0) is 9.47 Å². The van der Waals surface area contributed by atoms with E-state index < -0.39 is 24.0 Å². The second-order valence-electron chi connectivity index (χ2n) is 10.4. The Morgan fingerprint density at radius 3 is 2.32 bits per heavy atom. The van der Waals surface area contributed by atoms with E-state index in [1.165, 1.54) is 19.2 Å². The molecule has 0 aliphatic heterocycles. The van der Waals surface area contributed by atoms with Gasteiger partial charge in [0.15, 0.2) is 0 Å². The summed E-state index contributed by atoms with van der Waals surface area (Å²) in [5.41, 5.74) is 3.55. The molecule has 9 heteroatoms. The summed E-state index contributed by atoms with van der Waals surface area (Å²) in [5, 5.41) is 2.96. The number of carbonyl (C=O) groups is 2. The first-order valence-electron chi connectivity index (χ1n) is 12.1. The number of rotatable bonds is 5. The van der Waals surface area contributed by atoms with Crippen molar-refractivity contribution in [3.8, 4) is 5.75 Å². The van der Waals surface area contributed by atoms with Crippen LogP contribution in [0.4, 0.5) is 18.0 Å². The molecule has 3 atom stereocenters. The van der Waals surface area contributed by atoms with Crippen molar-refractivity contribution in [1.29, 1.82) is 0 Å². The predicted octanol–water partition coefficient (Wildman–Crippen LogP) is 6.59. The maximum Gasteiger partial charge on any atom is 0.573 e. The van der Waals surface area contributed by atoms with Crippen molar-refractivity contribution < 1.29 is 37.0 Å². The zero-order valence-electron chi connectivity index (χ0n) is 21.1. The van der Waals surface area contributed by atoms with Crippen LogP contribution in [0.25, 0.3) is 5.57 Å². The van der Waals surface area contributed by atoms with Crippen LogP contribution in [0.15, 0.2) is 48.5 Å². The highest BCUT2D eigenvalue weighted by molar-refractivity contribution is 5.91. The van der Waals surface area contributed by atoms with Crippen molar-refractivity contribution >= 4 is 17.6 Å². The highest BCUT2D eigenvalue weighted by Gasteiger charge is 2.36.